The van der Waals surface area contributed by atoms with E-state index in [0.717, 1.165) is 37.6 Å². The zero-order chi connectivity index (χ0) is 22.7. The Hall–Kier alpha value is -2.99. The smallest absolute Gasteiger partial charge is 0.340 e. The molecule has 0 heterocycles. The van der Waals surface area contributed by atoms with E-state index < -0.39 is 25.8 Å². The van der Waals surface area contributed by atoms with Crippen molar-refractivity contribution in [3.63, 3.8) is 0 Å². The number of esters is 1. The second kappa shape index (κ2) is 8.79. The van der Waals surface area contributed by atoms with Crippen molar-refractivity contribution < 1.29 is 40.6 Å². The molecular formula is C18H21NO9S2. The summed E-state index contributed by atoms with van der Waals surface area (Å²) in [6.45, 7) is 0. The number of rotatable bonds is 8. The van der Waals surface area contributed by atoms with Gasteiger partial charge >= 0.3 is 5.97 Å². The molecule has 0 amide bonds. The van der Waals surface area contributed by atoms with Crippen molar-refractivity contribution in [3.05, 3.63) is 35.9 Å². The summed E-state index contributed by atoms with van der Waals surface area (Å²) in [5.74, 6) is -0.777. The van der Waals surface area contributed by atoms with Gasteiger partial charge in [0.05, 0.1) is 43.8 Å². The number of methoxy groups -OCH3 is 4. The Morgan fingerprint density at radius 3 is 1.80 bits per heavy atom. The highest BCUT2D eigenvalue weighted by Crippen LogP contribution is 2.46. The van der Waals surface area contributed by atoms with Crippen molar-refractivity contribution in [2.45, 2.75) is 9.79 Å². The van der Waals surface area contributed by atoms with Crippen molar-refractivity contribution in [1.29, 1.82) is 0 Å². The molecule has 10 nitrogen and oxygen atoms in total. The molecule has 2 aromatic rings. The average molecular weight is 459 g/mol. The van der Waals surface area contributed by atoms with Crippen LogP contribution in [0.3, 0.4) is 0 Å². The Kier molecular flexibility index (Phi) is 6.83. The molecule has 0 aliphatic rings. The summed E-state index contributed by atoms with van der Waals surface area (Å²) in [4.78, 5) is 12.0. The van der Waals surface area contributed by atoms with Crippen LogP contribution in [0.4, 0.5) is 5.69 Å². The first-order chi connectivity index (χ1) is 14.0. The molecule has 2 aromatic carbocycles. The number of benzene rings is 2. The molecular weight excluding hydrogens is 438 g/mol. The minimum Gasteiger partial charge on any atom is -0.493 e. The Balaban J connectivity index is 2.66. The Morgan fingerprint density at radius 1 is 0.833 bits per heavy atom. The number of carbonyl (C=O) groups excluding carboxylic acids is 1. The first-order valence-corrected chi connectivity index (χ1v) is 11.6. The number of hydrogen-bond acceptors (Lipinski definition) is 9. The Bertz CT molecular complexity index is 1160. The Morgan fingerprint density at radius 2 is 1.37 bits per heavy atom. The second-order valence-electron chi connectivity index (χ2n) is 5.91. The third kappa shape index (κ3) is 4.60. The zero-order valence-corrected chi connectivity index (χ0v) is 18.5. The van der Waals surface area contributed by atoms with Crippen LogP contribution in [-0.4, -0.2) is 57.5 Å². The fourth-order valence-corrected chi connectivity index (χ4v) is 4.30. The summed E-state index contributed by atoms with van der Waals surface area (Å²) in [7, 11) is -2.69. The van der Waals surface area contributed by atoms with Gasteiger partial charge in [-0.3, -0.25) is 4.72 Å². The largest absolute Gasteiger partial charge is 0.493 e. The maximum atomic E-state index is 12.9. The summed E-state index contributed by atoms with van der Waals surface area (Å²) in [5.41, 5.74) is -0.405. The summed E-state index contributed by atoms with van der Waals surface area (Å²) in [5, 5.41) is 0. The standard InChI is InChI=1S/C18H21NO9S2/c1-25-14-10-13(18(20)28-4)15(17(27-3)16(14)26-2)19-30(23,24)12-8-6-11(7-9-12)29(5,21)22/h6-10,19H,1-5H3. The van der Waals surface area contributed by atoms with E-state index in [1.54, 1.807) is 0 Å². The van der Waals surface area contributed by atoms with Crippen molar-refractivity contribution >= 4 is 31.5 Å². The molecule has 0 bridgehead atoms. The van der Waals surface area contributed by atoms with E-state index in [9.17, 15) is 21.6 Å². The molecule has 0 aromatic heterocycles. The van der Waals surface area contributed by atoms with Crippen molar-refractivity contribution in [1.82, 2.24) is 0 Å². The third-order valence-electron chi connectivity index (χ3n) is 4.03. The van der Waals surface area contributed by atoms with E-state index in [4.69, 9.17) is 18.9 Å². The van der Waals surface area contributed by atoms with Crippen LogP contribution in [-0.2, 0) is 24.6 Å². The van der Waals surface area contributed by atoms with E-state index in [1.165, 1.54) is 27.4 Å². The van der Waals surface area contributed by atoms with Gasteiger partial charge in [-0.05, 0) is 24.3 Å². The lowest BCUT2D eigenvalue weighted by atomic mass is 10.1. The quantitative estimate of drug-likeness (QED) is 0.585. The number of nitrogens with one attached hydrogen (secondary N) is 1. The van der Waals surface area contributed by atoms with Crippen molar-refractivity contribution in [3.8, 4) is 17.2 Å². The molecule has 30 heavy (non-hydrogen) atoms. The van der Waals surface area contributed by atoms with Crippen LogP contribution in [0.15, 0.2) is 40.1 Å². The first kappa shape index (κ1) is 23.3. The van der Waals surface area contributed by atoms with Gasteiger partial charge in [0.2, 0.25) is 5.75 Å². The lowest BCUT2D eigenvalue weighted by Gasteiger charge is -2.19. The van der Waals surface area contributed by atoms with Gasteiger partial charge in [-0.2, -0.15) is 0 Å². The molecule has 0 saturated carbocycles. The van der Waals surface area contributed by atoms with Crippen molar-refractivity contribution in [2.75, 3.05) is 39.4 Å². The molecule has 0 spiro atoms. The molecule has 12 heteroatoms. The normalized spacial score (nSPS) is 11.5. The summed E-state index contributed by atoms with van der Waals surface area (Å²) in [6.07, 6.45) is 1.01. The molecule has 164 valence electrons. The highest BCUT2D eigenvalue weighted by Gasteiger charge is 2.28. The predicted octanol–water partition coefficient (Wildman–Crippen LogP) is 1.70. The van der Waals surface area contributed by atoms with E-state index in [0.29, 0.717) is 0 Å². The van der Waals surface area contributed by atoms with Crippen LogP contribution < -0.4 is 18.9 Å². The summed E-state index contributed by atoms with van der Waals surface area (Å²) in [6, 6.07) is 5.83. The highest BCUT2D eigenvalue weighted by atomic mass is 32.2. The minimum atomic E-state index is -4.25. The summed E-state index contributed by atoms with van der Waals surface area (Å²) >= 11 is 0. The van der Waals surface area contributed by atoms with Gasteiger partial charge in [-0.15, -0.1) is 0 Å². The molecule has 0 aliphatic heterocycles. The Labute approximate surface area is 174 Å². The van der Waals surface area contributed by atoms with Crippen LogP contribution in [0.25, 0.3) is 0 Å². The number of sulfonamides is 1. The van der Waals surface area contributed by atoms with E-state index in [1.807, 2.05) is 0 Å². The highest BCUT2D eigenvalue weighted by molar-refractivity contribution is 7.92. The fraction of sp³-hybridized carbons (Fsp3) is 0.278. The predicted molar refractivity (Wildman–Crippen MR) is 108 cm³/mol. The number of carbonyl (C=O) groups is 1. The van der Waals surface area contributed by atoms with Crippen LogP contribution in [0, 0.1) is 0 Å². The molecule has 1 N–H and O–H groups in total. The lowest BCUT2D eigenvalue weighted by Crippen LogP contribution is -2.18. The molecule has 0 aliphatic carbocycles. The average Bonchev–Trinajstić information content (AvgIpc) is 2.71. The van der Waals surface area contributed by atoms with Crippen LogP contribution in [0.2, 0.25) is 0 Å². The maximum absolute atomic E-state index is 12.9. The summed E-state index contributed by atoms with van der Waals surface area (Å²) < 4.78 is 71.7. The van der Waals surface area contributed by atoms with Gasteiger partial charge in [0.25, 0.3) is 10.0 Å². The van der Waals surface area contributed by atoms with Crippen molar-refractivity contribution in [2.24, 2.45) is 0 Å². The lowest BCUT2D eigenvalue weighted by molar-refractivity contribution is 0.0601. The number of sulfone groups is 1. The monoisotopic (exact) mass is 459 g/mol. The molecule has 0 atom stereocenters. The minimum absolute atomic E-state index is 0.0413. The molecule has 0 unspecified atom stereocenters. The maximum Gasteiger partial charge on any atom is 0.340 e. The zero-order valence-electron chi connectivity index (χ0n) is 16.9. The van der Waals surface area contributed by atoms with Gasteiger partial charge in [0.15, 0.2) is 21.3 Å². The SMILES string of the molecule is COC(=O)c1cc(OC)c(OC)c(OC)c1NS(=O)(=O)c1ccc(S(C)(=O)=O)cc1. The third-order valence-corrected chi connectivity index (χ3v) is 6.53. The van der Waals surface area contributed by atoms with E-state index in [2.05, 4.69) is 4.72 Å². The van der Waals surface area contributed by atoms with Crippen LogP contribution >= 0.6 is 0 Å². The number of hydrogen-bond donors (Lipinski definition) is 1. The first-order valence-electron chi connectivity index (χ1n) is 8.24. The number of ether oxygens (including phenoxy) is 4. The molecule has 2 rings (SSSR count). The van der Waals surface area contributed by atoms with Gasteiger partial charge in [-0.1, -0.05) is 0 Å². The molecule has 0 saturated heterocycles. The topological polar surface area (TPSA) is 134 Å². The van der Waals surface area contributed by atoms with Crippen LogP contribution in [0.1, 0.15) is 10.4 Å². The second-order valence-corrected chi connectivity index (χ2v) is 9.61. The van der Waals surface area contributed by atoms with Gasteiger partial charge < -0.3 is 18.9 Å². The number of anilines is 1. The van der Waals surface area contributed by atoms with Crippen LogP contribution in [0.5, 0.6) is 17.2 Å². The molecule has 0 radical (unpaired) electrons. The molecule has 0 fully saturated rings. The van der Waals surface area contributed by atoms with Gasteiger partial charge in [0.1, 0.15) is 5.69 Å². The van der Waals surface area contributed by atoms with E-state index >= 15 is 0 Å². The fourth-order valence-electron chi connectivity index (χ4n) is 2.59. The van der Waals surface area contributed by atoms with Gasteiger partial charge in [0, 0.05) is 12.3 Å². The van der Waals surface area contributed by atoms with E-state index in [-0.39, 0.29) is 38.3 Å². The van der Waals surface area contributed by atoms with Gasteiger partial charge in [-0.25, -0.2) is 21.6 Å².